The Morgan fingerprint density at radius 1 is 1.21 bits per heavy atom. The number of rotatable bonds is 4. The summed E-state index contributed by atoms with van der Waals surface area (Å²) in [6.45, 7) is 4.51. The molecular formula is C14H22N2O3. The highest BCUT2D eigenvalue weighted by atomic mass is 16.3. The number of hydrogen-bond acceptors (Lipinski definition) is 4. The monoisotopic (exact) mass is 266 g/mol. The summed E-state index contributed by atoms with van der Waals surface area (Å²) >= 11 is 0. The molecule has 1 aliphatic carbocycles. The minimum atomic E-state index is -0.138. The van der Waals surface area contributed by atoms with Gasteiger partial charge in [0.2, 0.25) is 11.8 Å². The van der Waals surface area contributed by atoms with Crippen LogP contribution in [0.5, 0.6) is 0 Å². The topological polar surface area (TPSA) is 66.8 Å². The highest BCUT2D eigenvalue weighted by Crippen LogP contribution is 2.31. The van der Waals surface area contributed by atoms with Crippen molar-refractivity contribution in [3.63, 3.8) is 0 Å². The maximum absolute atomic E-state index is 12.2. The molecule has 0 spiro atoms. The smallest absolute Gasteiger partial charge is 0.233 e. The molecule has 1 atom stereocenters. The third kappa shape index (κ3) is 3.01. The maximum atomic E-state index is 12.2. The SMILES string of the molecule is CC(C)C1CC(=O)N(CC2CCC(N=O)CC2)C1=O. The molecule has 5 heteroatoms. The predicted molar refractivity (Wildman–Crippen MR) is 71.2 cm³/mol. The van der Waals surface area contributed by atoms with Crippen LogP contribution in [-0.4, -0.2) is 29.3 Å². The summed E-state index contributed by atoms with van der Waals surface area (Å²) in [5, 5.41) is 3.08. The van der Waals surface area contributed by atoms with E-state index in [0.29, 0.717) is 18.9 Å². The number of amides is 2. The van der Waals surface area contributed by atoms with Crippen LogP contribution in [0.3, 0.4) is 0 Å². The molecule has 0 aromatic carbocycles. The number of likely N-dealkylation sites (tertiary alicyclic amines) is 1. The van der Waals surface area contributed by atoms with Gasteiger partial charge in [-0.2, -0.15) is 4.91 Å². The molecule has 2 rings (SSSR count). The standard InChI is InChI=1S/C14H22N2O3/c1-9(2)12-7-13(17)16(14(12)18)8-10-3-5-11(15-19)6-4-10/h9-12H,3-8H2,1-2H3. The van der Waals surface area contributed by atoms with Crippen molar-refractivity contribution in [2.24, 2.45) is 22.9 Å². The van der Waals surface area contributed by atoms with E-state index < -0.39 is 0 Å². The van der Waals surface area contributed by atoms with Crippen molar-refractivity contribution in [1.29, 1.82) is 0 Å². The summed E-state index contributed by atoms with van der Waals surface area (Å²) in [4.78, 5) is 36.0. The summed E-state index contributed by atoms with van der Waals surface area (Å²) in [7, 11) is 0. The second-order valence-corrected chi connectivity index (χ2v) is 6.18. The third-order valence-corrected chi connectivity index (χ3v) is 4.49. The number of nitroso groups, excluding NO2 is 1. The van der Waals surface area contributed by atoms with Gasteiger partial charge in [0.1, 0.15) is 0 Å². The maximum Gasteiger partial charge on any atom is 0.233 e. The molecule has 1 heterocycles. The first kappa shape index (κ1) is 14.2. The van der Waals surface area contributed by atoms with Gasteiger partial charge in [0.25, 0.3) is 0 Å². The van der Waals surface area contributed by atoms with Gasteiger partial charge in [-0.1, -0.05) is 19.0 Å². The molecule has 19 heavy (non-hydrogen) atoms. The average molecular weight is 266 g/mol. The van der Waals surface area contributed by atoms with Crippen LogP contribution in [0.25, 0.3) is 0 Å². The lowest BCUT2D eigenvalue weighted by molar-refractivity contribution is -0.140. The molecule has 0 radical (unpaired) electrons. The Balaban J connectivity index is 1.91. The van der Waals surface area contributed by atoms with Crippen LogP contribution in [0.1, 0.15) is 46.0 Å². The van der Waals surface area contributed by atoms with Crippen LogP contribution >= 0.6 is 0 Å². The Labute approximate surface area is 113 Å². The van der Waals surface area contributed by atoms with Crippen LogP contribution in [0, 0.1) is 22.7 Å². The highest BCUT2D eigenvalue weighted by molar-refractivity contribution is 6.03. The largest absolute Gasteiger partial charge is 0.282 e. The first-order chi connectivity index (χ1) is 9.02. The lowest BCUT2D eigenvalue weighted by Crippen LogP contribution is -2.37. The minimum absolute atomic E-state index is 0.00404. The lowest BCUT2D eigenvalue weighted by atomic mass is 9.86. The minimum Gasteiger partial charge on any atom is -0.282 e. The zero-order valence-electron chi connectivity index (χ0n) is 11.7. The highest BCUT2D eigenvalue weighted by Gasteiger charge is 2.41. The van der Waals surface area contributed by atoms with E-state index in [1.807, 2.05) is 13.8 Å². The van der Waals surface area contributed by atoms with Crippen LogP contribution in [0.2, 0.25) is 0 Å². The van der Waals surface area contributed by atoms with E-state index >= 15 is 0 Å². The number of imide groups is 1. The van der Waals surface area contributed by atoms with Crippen LogP contribution in [-0.2, 0) is 9.59 Å². The second kappa shape index (κ2) is 5.80. The quantitative estimate of drug-likeness (QED) is 0.579. The Kier molecular flexibility index (Phi) is 4.32. The lowest BCUT2D eigenvalue weighted by Gasteiger charge is -2.28. The van der Waals surface area contributed by atoms with Crippen molar-refractivity contribution in [3.05, 3.63) is 4.91 Å². The molecule has 2 amide bonds. The summed E-state index contributed by atoms with van der Waals surface area (Å²) < 4.78 is 0. The van der Waals surface area contributed by atoms with Gasteiger partial charge in [-0.05, 0) is 37.5 Å². The van der Waals surface area contributed by atoms with E-state index in [-0.39, 0.29) is 29.7 Å². The van der Waals surface area contributed by atoms with Gasteiger partial charge >= 0.3 is 0 Å². The summed E-state index contributed by atoms with van der Waals surface area (Å²) in [5.74, 6) is 0.392. The molecule has 1 saturated carbocycles. The molecule has 1 unspecified atom stereocenters. The Morgan fingerprint density at radius 3 is 2.32 bits per heavy atom. The van der Waals surface area contributed by atoms with E-state index in [9.17, 15) is 14.5 Å². The van der Waals surface area contributed by atoms with Gasteiger partial charge in [-0.25, -0.2) is 0 Å². The van der Waals surface area contributed by atoms with Gasteiger partial charge in [0.05, 0.1) is 6.04 Å². The zero-order valence-corrected chi connectivity index (χ0v) is 11.7. The van der Waals surface area contributed by atoms with Crippen molar-refractivity contribution in [3.8, 4) is 0 Å². The molecule has 0 bridgehead atoms. The van der Waals surface area contributed by atoms with E-state index in [1.165, 1.54) is 4.90 Å². The van der Waals surface area contributed by atoms with Gasteiger partial charge in [-0.3, -0.25) is 14.5 Å². The summed E-state index contributed by atoms with van der Waals surface area (Å²) in [6, 6.07) is -0.0651. The fourth-order valence-corrected chi connectivity index (χ4v) is 3.11. The first-order valence-electron chi connectivity index (χ1n) is 7.19. The average Bonchev–Trinajstić information content (AvgIpc) is 2.68. The van der Waals surface area contributed by atoms with E-state index in [0.717, 1.165) is 25.7 Å². The number of carbonyl (C=O) groups excluding carboxylic acids is 2. The van der Waals surface area contributed by atoms with Gasteiger partial charge in [-0.15, -0.1) is 0 Å². The van der Waals surface area contributed by atoms with Gasteiger partial charge in [0, 0.05) is 18.9 Å². The van der Waals surface area contributed by atoms with Crippen molar-refractivity contribution in [1.82, 2.24) is 4.90 Å². The molecule has 0 N–H and O–H groups in total. The van der Waals surface area contributed by atoms with Crippen LogP contribution in [0.15, 0.2) is 5.18 Å². The summed E-state index contributed by atoms with van der Waals surface area (Å²) in [6.07, 6.45) is 3.72. The van der Waals surface area contributed by atoms with Crippen molar-refractivity contribution in [2.45, 2.75) is 52.0 Å². The van der Waals surface area contributed by atoms with E-state index in [4.69, 9.17) is 0 Å². The molecule has 106 valence electrons. The number of nitrogens with zero attached hydrogens (tertiary/aromatic N) is 2. The molecule has 0 aromatic heterocycles. The predicted octanol–water partition coefficient (Wildman–Crippen LogP) is 2.34. The van der Waals surface area contributed by atoms with Gasteiger partial charge < -0.3 is 0 Å². The normalized spacial score (nSPS) is 32.2. The molecule has 2 fully saturated rings. The fourth-order valence-electron chi connectivity index (χ4n) is 3.11. The van der Waals surface area contributed by atoms with E-state index in [2.05, 4.69) is 5.18 Å². The Hall–Kier alpha value is -1.26. The molecule has 2 aliphatic rings. The van der Waals surface area contributed by atoms with Crippen LogP contribution < -0.4 is 0 Å². The molecular weight excluding hydrogens is 244 g/mol. The third-order valence-electron chi connectivity index (χ3n) is 4.49. The molecule has 1 aliphatic heterocycles. The van der Waals surface area contributed by atoms with Crippen LogP contribution in [0.4, 0.5) is 0 Å². The summed E-state index contributed by atoms with van der Waals surface area (Å²) in [5.41, 5.74) is 0. The Morgan fingerprint density at radius 2 is 1.84 bits per heavy atom. The zero-order chi connectivity index (χ0) is 14.0. The Bertz CT molecular complexity index is 373. The first-order valence-corrected chi connectivity index (χ1v) is 7.19. The number of carbonyl (C=O) groups is 2. The van der Waals surface area contributed by atoms with Gasteiger partial charge in [0.15, 0.2) is 0 Å². The van der Waals surface area contributed by atoms with E-state index in [1.54, 1.807) is 0 Å². The molecule has 5 nitrogen and oxygen atoms in total. The van der Waals surface area contributed by atoms with Crippen molar-refractivity contribution >= 4 is 11.8 Å². The molecule has 0 aromatic rings. The molecule has 1 saturated heterocycles. The van der Waals surface area contributed by atoms with Crippen molar-refractivity contribution in [2.75, 3.05) is 6.54 Å². The van der Waals surface area contributed by atoms with Crippen molar-refractivity contribution < 1.29 is 9.59 Å². The number of hydrogen-bond donors (Lipinski definition) is 0. The second-order valence-electron chi connectivity index (χ2n) is 6.18. The fraction of sp³-hybridized carbons (Fsp3) is 0.857.